The summed E-state index contributed by atoms with van der Waals surface area (Å²) in [7, 11) is 0. The molecule has 1 aliphatic rings. The second kappa shape index (κ2) is 6.65. The highest BCUT2D eigenvalue weighted by atomic mass is 32.2. The summed E-state index contributed by atoms with van der Waals surface area (Å²) < 4.78 is 5.31. The van der Waals surface area contributed by atoms with E-state index in [1.165, 1.54) is 6.07 Å². The lowest BCUT2D eigenvalue weighted by molar-refractivity contribution is -0.384. The molecule has 0 amide bonds. The zero-order valence-corrected chi connectivity index (χ0v) is 11.7. The minimum atomic E-state index is -0.359. The van der Waals surface area contributed by atoms with Gasteiger partial charge in [-0.25, -0.2) is 0 Å². The molecule has 1 fully saturated rings. The molecule has 0 radical (unpaired) electrons. The molecular formula is C13H18N2O3S. The third kappa shape index (κ3) is 3.76. The smallest absolute Gasteiger partial charge is 0.296 e. The molecule has 5 nitrogen and oxygen atoms in total. The predicted octanol–water partition coefficient (Wildman–Crippen LogP) is 3.30. The average molecular weight is 282 g/mol. The Morgan fingerprint density at radius 2 is 2.21 bits per heavy atom. The molecule has 1 aliphatic heterocycles. The molecule has 104 valence electrons. The summed E-state index contributed by atoms with van der Waals surface area (Å²) in [6.07, 6.45) is 2.10. The number of hydrogen-bond donors (Lipinski definition) is 1. The molecular weight excluding hydrogens is 264 g/mol. The number of hydrogen-bond acceptors (Lipinski definition) is 5. The van der Waals surface area contributed by atoms with Gasteiger partial charge in [-0.05, 0) is 43.4 Å². The van der Waals surface area contributed by atoms with Crippen LogP contribution < -0.4 is 10.1 Å². The van der Waals surface area contributed by atoms with E-state index in [4.69, 9.17) is 4.74 Å². The van der Waals surface area contributed by atoms with Crippen molar-refractivity contribution in [3.63, 3.8) is 0 Å². The molecule has 0 unspecified atom stereocenters. The normalized spacial score (nSPS) is 16.1. The first kappa shape index (κ1) is 14.0. The van der Waals surface area contributed by atoms with Crippen molar-refractivity contribution in [2.75, 3.05) is 23.4 Å². The van der Waals surface area contributed by atoms with E-state index in [9.17, 15) is 10.1 Å². The number of rotatable bonds is 5. The van der Waals surface area contributed by atoms with Gasteiger partial charge in [0.05, 0.1) is 17.6 Å². The first-order valence-electron chi connectivity index (χ1n) is 6.46. The zero-order valence-electron chi connectivity index (χ0n) is 10.9. The number of thioether (sulfide) groups is 1. The number of anilines is 1. The molecule has 6 heteroatoms. The molecule has 1 aromatic rings. The van der Waals surface area contributed by atoms with Gasteiger partial charge in [0.25, 0.3) is 5.69 Å². The summed E-state index contributed by atoms with van der Waals surface area (Å²) in [4.78, 5) is 10.8. The fourth-order valence-electron chi connectivity index (χ4n) is 2.10. The Morgan fingerprint density at radius 1 is 1.47 bits per heavy atom. The summed E-state index contributed by atoms with van der Waals surface area (Å²) in [5.74, 6) is 2.77. The minimum absolute atomic E-state index is 0.0872. The average Bonchev–Trinajstić information content (AvgIpc) is 2.42. The van der Waals surface area contributed by atoms with Crippen LogP contribution in [0.2, 0.25) is 0 Å². The van der Waals surface area contributed by atoms with Crippen LogP contribution >= 0.6 is 11.8 Å². The second-order valence-electron chi connectivity index (χ2n) is 4.40. The van der Waals surface area contributed by atoms with Crippen LogP contribution in [0.4, 0.5) is 11.4 Å². The van der Waals surface area contributed by atoms with Gasteiger partial charge in [-0.15, -0.1) is 0 Å². The Kier molecular flexibility index (Phi) is 4.90. The van der Waals surface area contributed by atoms with Crippen molar-refractivity contribution in [1.29, 1.82) is 0 Å². The summed E-state index contributed by atoms with van der Waals surface area (Å²) in [5.41, 5.74) is 0.675. The Balaban J connectivity index is 2.15. The Hall–Kier alpha value is -1.43. The van der Waals surface area contributed by atoms with E-state index < -0.39 is 0 Å². The molecule has 0 atom stereocenters. The van der Waals surface area contributed by atoms with Crippen LogP contribution in [0.25, 0.3) is 0 Å². The third-order valence-electron chi connectivity index (χ3n) is 3.06. The van der Waals surface area contributed by atoms with E-state index in [0.717, 1.165) is 24.3 Å². The fraction of sp³-hybridized carbons (Fsp3) is 0.538. The van der Waals surface area contributed by atoms with Crippen LogP contribution in [0.5, 0.6) is 5.75 Å². The molecule has 1 heterocycles. The van der Waals surface area contributed by atoms with Gasteiger partial charge in [0.2, 0.25) is 0 Å². The van der Waals surface area contributed by atoms with Crippen molar-refractivity contribution in [2.45, 2.75) is 25.8 Å². The lowest BCUT2D eigenvalue weighted by Gasteiger charge is -2.23. The SMILES string of the molecule is CCOc1ccc(NC2CCSCC2)c([N+](=O)[O-])c1. The summed E-state index contributed by atoms with van der Waals surface area (Å²) >= 11 is 1.93. The number of benzene rings is 1. The molecule has 0 aliphatic carbocycles. The monoisotopic (exact) mass is 282 g/mol. The van der Waals surface area contributed by atoms with Crippen molar-refractivity contribution in [2.24, 2.45) is 0 Å². The van der Waals surface area contributed by atoms with Gasteiger partial charge in [-0.3, -0.25) is 10.1 Å². The fourth-order valence-corrected chi connectivity index (χ4v) is 3.21. The highest BCUT2D eigenvalue weighted by Crippen LogP contribution is 2.31. The van der Waals surface area contributed by atoms with E-state index >= 15 is 0 Å². The number of nitro groups is 1. The number of nitro benzene ring substituents is 1. The van der Waals surface area contributed by atoms with Crippen molar-refractivity contribution in [1.82, 2.24) is 0 Å². The maximum Gasteiger partial charge on any atom is 0.296 e. The van der Waals surface area contributed by atoms with Gasteiger partial charge in [0.15, 0.2) is 0 Å². The van der Waals surface area contributed by atoms with Crippen LogP contribution in [0.3, 0.4) is 0 Å². The predicted molar refractivity (Wildman–Crippen MR) is 78.2 cm³/mol. The summed E-state index contributed by atoms with van der Waals surface area (Å²) in [5, 5.41) is 14.4. The molecule has 0 spiro atoms. The second-order valence-corrected chi connectivity index (χ2v) is 5.62. The maximum atomic E-state index is 11.1. The van der Waals surface area contributed by atoms with E-state index in [1.807, 2.05) is 18.7 Å². The van der Waals surface area contributed by atoms with Gasteiger partial charge < -0.3 is 10.1 Å². The minimum Gasteiger partial charge on any atom is -0.494 e. The Bertz CT molecular complexity index is 448. The topological polar surface area (TPSA) is 64.4 Å². The molecule has 1 aromatic carbocycles. The molecule has 0 bridgehead atoms. The number of nitrogens with zero attached hydrogens (tertiary/aromatic N) is 1. The van der Waals surface area contributed by atoms with Gasteiger partial charge >= 0.3 is 0 Å². The zero-order chi connectivity index (χ0) is 13.7. The first-order chi connectivity index (χ1) is 9.20. The highest BCUT2D eigenvalue weighted by molar-refractivity contribution is 7.99. The highest BCUT2D eigenvalue weighted by Gasteiger charge is 2.20. The quantitative estimate of drug-likeness (QED) is 0.663. The maximum absolute atomic E-state index is 11.1. The van der Waals surface area contributed by atoms with Gasteiger partial charge in [-0.1, -0.05) is 0 Å². The molecule has 19 heavy (non-hydrogen) atoms. The van der Waals surface area contributed by atoms with E-state index in [-0.39, 0.29) is 10.6 Å². The molecule has 0 aromatic heterocycles. The molecule has 2 rings (SSSR count). The Morgan fingerprint density at radius 3 is 2.84 bits per heavy atom. The van der Waals surface area contributed by atoms with Crippen LogP contribution in [0.15, 0.2) is 18.2 Å². The van der Waals surface area contributed by atoms with Crippen LogP contribution in [0, 0.1) is 10.1 Å². The van der Waals surface area contributed by atoms with Crippen molar-refractivity contribution in [3.8, 4) is 5.75 Å². The standard InChI is InChI=1S/C13H18N2O3S/c1-2-18-11-3-4-12(13(9-11)15(16)17)14-10-5-7-19-8-6-10/h3-4,9-10,14H,2,5-8H2,1H3. The third-order valence-corrected chi connectivity index (χ3v) is 4.11. The van der Waals surface area contributed by atoms with Crippen molar-refractivity contribution < 1.29 is 9.66 Å². The van der Waals surface area contributed by atoms with Gasteiger partial charge in [0.1, 0.15) is 11.4 Å². The van der Waals surface area contributed by atoms with Crippen LogP contribution in [-0.4, -0.2) is 29.1 Å². The molecule has 1 N–H and O–H groups in total. The van der Waals surface area contributed by atoms with Gasteiger partial charge in [0, 0.05) is 6.04 Å². The summed E-state index contributed by atoms with van der Waals surface area (Å²) in [6, 6.07) is 5.34. The number of nitrogens with one attached hydrogen (secondary N) is 1. The van der Waals surface area contributed by atoms with Gasteiger partial charge in [-0.2, -0.15) is 11.8 Å². The lowest BCUT2D eigenvalue weighted by atomic mass is 10.1. The first-order valence-corrected chi connectivity index (χ1v) is 7.61. The molecule has 1 saturated heterocycles. The van der Waals surface area contributed by atoms with Crippen LogP contribution in [0.1, 0.15) is 19.8 Å². The lowest BCUT2D eigenvalue weighted by Crippen LogP contribution is -2.24. The Labute approximate surface area is 116 Å². The van der Waals surface area contributed by atoms with Crippen molar-refractivity contribution >= 4 is 23.1 Å². The summed E-state index contributed by atoms with van der Waals surface area (Å²) in [6.45, 7) is 2.36. The molecule has 0 saturated carbocycles. The van der Waals surface area contributed by atoms with Crippen molar-refractivity contribution in [3.05, 3.63) is 28.3 Å². The largest absolute Gasteiger partial charge is 0.494 e. The van der Waals surface area contributed by atoms with E-state index in [2.05, 4.69) is 5.32 Å². The van der Waals surface area contributed by atoms with E-state index in [1.54, 1.807) is 12.1 Å². The number of ether oxygens (including phenoxy) is 1. The van der Waals surface area contributed by atoms with Crippen LogP contribution in [-0.2, 0) is 0 Å². The van der Waals surface area contributed by atoms with E-state index in [0.29, 0.717) is 24.1 Å².